The summed E-state index contributed by atoms with van der Waals surface area (Å²) in [7, 11) is 0. The fraction of sp³-hybridized carbons (Fsp3) is 0.227. The second-order valence-electron chi connectivity index (χ2n) is 6.14. The Kier molecular flexibility index (Phi) is 5.74. The molecule has 3 rings (SSSR count). The number of rotatable bonds is 7. The van der Waals surface area contributed by atoms with Crippen LogP contribution in [-0.4, -0.2) is 25.2 Å². The van der Waals surface area contributed by atoms with E-state index in [4.69, 9.17) is 9.47 Å². The molecule has 1 amide bonds. The molecule has 1 unspecified atom stereocenters. The van der Waals surface area contributed by atoms with Crippen LogP contribution >= 0.6 is 0 Å². The van der Waals surface area contributed by atoms with E-state index < -0.39 is 6.10 Å². The number of ether oxygens (including phenoxy) is 2. The highest BCUT2D eigenvalue weighted by Crippen LogP contribution is 2.26. The van der Waals surface area contributed by atoms with Crippen molar-refractivity contribution in [1.29, 1.82) is 0 Å². The zero-order chi connectivity index (χ0) is 18.4. The zero-order valence-electron chi connectivity index (χ0n) is 15.1. The lowest BCUT2D eigenvalue weighted by atomic mass is 10.1. The number of carbonyl (C=O) groups is 1. The van der Waals surface area contributed by atoms with Crippen molar-refractivity contribution >= 4 is 16.7 Å². The summed E-state index contributed by atoms with van der Waals surface area (Å²) in [5, 5.41) is 4.94. The first kappa shape index (κ1) is 17.8. The maximum atomic E-state index is 12.3. The van der Waals surface area contributed by atoms with Gasteiger partial charge in [0.2, 0.25) is 0 Å². The van der Waals surface area contributed by atoms with Crippen molar-refractivity contribution in [2.75, 3.05) is 13.2 Å². The Morgan fingerprint density at radius 3 is 2.50 bits per heavy atom. The Balaban J connectivity index is 1.51. The second-order valence-corrected chi connectivity index (χ2v) is 6.14. The molecule has 0 bridgehead atoms. The maximum absolute atomic E-state index is 12.3. The van der Waals surface area contributed by atoms with Crippen LogP contribution in [0.5, 0.6) is 11.5 Å². The van der Waals surface area contributed by atoms with E-state index in [0.29, 0.717) is 18.9 Å². The first-order valence-corrected chi connectivity index (χ1v) is 8.76. The molecular formula is C22H23NO3. The molecule has 0 spiro atoms. The van der Waals surface area contributed by atoms with Crippen molar-refractivity contribution in [3.05, 3.63) is 72.3 Å². The third kappa shape index (κ3) is 4.33. The Morgan fingerprint density at radius 2 is 1.65 bits per heavy atom. The number of nitrogens with one attached hydrogen (secondary N) is 1. The van der Waals surface area contributed by atoms with Gasteiger partial charge in [-0.3, -0.25) is 4.79 Å². The smallest absolute Gasteiger partial charge is 0.260 e. The standard InChI is InChI=1S/C22H23NO3/c1-16-8-3-6-12-20(16)25-15-14-23-22(24)17(2)26-21-13-7-10-18-9-4-5-11-19(18)21/h3-13,17H,14-15H2,1-2H3,(H,23,24). The molecule has 0 saturated heterocycles. The minimum atomic E-state index is -0.584. The molecule has 0 aliphatic carbocycles. The number of para-hydroxylation sites is 1. The Hall–Kier alpha value is -3.01. The minimum absolute atomic E-state index is 0.161. The van der Waals surface area contributed by atoms with Crippen LogP contribution in [0.2, 0.25) is 0 Å². The zero-order valence-corrected chi connectivity index (χ0v) is 15.1. The summed E-state index contributed by atoms with van der Waals surface area (Å²) >= 11 is 0. The summed E-state index contributed by atoms with van der Waals surface area (Å²) in [5.74, 6) is 1.38. The largest absolute Gasteiger partial charge is 0.491 e. The molecule has 0 saturated carbocycles. The molecule has 3 aromatic carbocycles. The first-order valence-electron chi connectivity index (χ1n) is 8.76. The number of carbonyl (C=O) groups excluding carboxylic acids is 1. The number of amides is 1. The molecule has 134 valence electrons. The minimum Gasteiger partial charge on any atom is -0.491 e. The average molecular weight is 349 g/mol. The molecule has 0 fully saturated rings. The number of hydrogen-bond acceptors (Lipinski definition) is 3. The molecule has 0 heterocycles. The van der Waals surface area contributed by atoms with E-state index in [-0.39, 0.29) is 5.91 Å². The predicted octanol–water partition coefficient (Wildman–Crippen LogP) is 4.11. The summed E-state index contributed by atoms with van der Waals surface area (Å²) < 4.78 is 11.6. The van der Waals surface area contributed by atoms with Crippen molar-refractivity contribution in [3.8, 4) is 11.5 Å². The number of benzene rings is 3. The van der Waals surface area contributed by atoms with Crippen molar-refractivity contribution < 1.29 is 14.3 Å². The summed E-state index contributed by atoms with van der Waals surface area (Å²) in [6, 6.07) is 21.6. The van der Waals surface area contributed by atoms with Gasteiger partial charge in [-0.25, -0.2) is 0 Å². The highest BCUT2D eigenvalue weighted by atomic mass is 16.5. The van der Waals surface area contributed by atoms with Crippen LogP contribution in [0.1, 0.15) is 12.5 Å². The molecule has 3 aromatic rings. The van der Waals surface area contributed by atoms with Gasteiger partial charge in [0.1, 0.15) is 18.1 Å². The van der Waals surface area contributed by atoms with Crippen LogP contribution < -0.4 is 14.8 Å². The lowest BCUT2D eigenvalue weighted by Crippen LogP contribution is -2.38. The van der Waals surface area contributed by atoms with E-state index in [1.54, 1.807) is 6.92 Å². The van der Waals surface area contributed by atoms with Crippen molar-refractivity contribution in [3.63, 3.8) is 0 Å². The molecule has 1 atom stereocenters. The van der Waals surface area contributed by atoms with Gasteiger partial charge in [-0.05, 0) is 36.9 Å². The fourth-order valence-corrected chi connectivity index (χ4v) is 2.74. The van der Waals surface area contributed by atoms with Gasteiger partial charge in [-0.15, -0.1) is 0 Å². The van der Waals surface area contributed by atoms with E-state index in [1.165, 1.54) is 0 Å². The molecule has 26 heavy (non-hydrogen) atoms. The molecular weight excluding hydrogens is 326 g/mol. The molecule has 0 radical (unpaired) electrons. The fourth-order valence-electron chi connectivity index (χ4n) is 2.74. The average Bonchev–Trinajstić information content (AvgIpc) is 2.66. The van der Waals surface area contributed by atoms with Crippen LogP contribution in [0.15, 0.2) is 66.7 Å². The van der Waals surface area contributed by atoms with E-state index in [2.05, 4.69) is 5.32 Å². The number of aryl methyl sites for hydroxylation is 1. The molecule has 4 heteroatoms. The normalized spacial score (nSPS) is 11.8. The third-order valence-corrected chi connectivity index (χ3v) is 4.18. The Labute approximate surface area is 153 Å². The monoisotopic (exact) mass is 349 g/mol. The summed E-state index contributed by atoms with van der Waals surface area (Å²) in [6.45, 7) is 4.58. The van der Waals surface area contributed by atoms with Crippen LogP contribution in [-0.2, 0) is 4.79 Å². The molecule has 0 aliphatic rings. The SMILES string of the molecule is Cc1ccccc1OCCNC(=O)C(C)Oc1cccc2ccccc12. The molecule has 1 N–H and O–H groups in total. The van der Waals surface area contributed by atoms with Gasteiger partial charge in [0.15, 0.2) is 6.10 Å². The van der Waals surface area contributed by atoms with E-state index in [1.807, 2.05) is 73.7 Å². The van der Waals surface area contributed by atoms with Gasteiger partial charge in [0.25, 0.3) is 5.91 Å². The predicted molar refractivity (Wildman–Crippen MR) is 104 cm³/mol. The summed E-state index contributed by atoms with van der Waals surface area (Å²) in [5.41, 5.74) is 1.08. The van der Waals surface area contributed by atoms with Crippen molar-refractivity contribution in [1.82, 2.24) is 5.32 Å². The van der Waals surface area contributed by atoms with E-state index in [0.717, 1.165) is 22.1 Å². The van der Waals surface area contributed by atoms with Crippen LogP contribution in [0.4, 0.5) is 0 Å². The Bertz CT molecular complexity index is 886. The number of fused-ring (bicyclic) bond motifs is 1. The maximum Gasteiger partial charge on any atom is 0.260 e. The summed E-state index contributed by atoms with van der Waals surface area (Å²) in [4.78, 5) is 12.3. The van der Waals surface area contributed by atoms with Crippen molar-refractivity contribution in [2.45, 2.75) is 20.0 Å². The lowest BCUT2D eigenvalue weighted by molar-refractivity contribution is -0.127. The van der Waals surface area contributed by atoms with Gasteiger partial charge in [-0.1, -0.05) is 54.6 Å². The lowest BCUT2D eigenvalue weighted by Gasteiger charge is -2.16. The molecule has 0 aliphatic heterocycles. The topological polar surface area (TPSA) is 47.6 Å². The van der Waals surface area contributed by atoms with Gasteiger partial charge in [0, 0.05) is 5.39 Å². The quantitative estimate of drug-likeness (QED) is 0.653. The highest BCUT2D eigenvalue weighted by molar-refractivity contribution is 5.89. The molecule has 4 nitrogen and oxygen atoms in total. The Morgan fingerprint density at radius 1 is 0.962 bits per heavy atom. The van der Waals surface area contributed by atoms with Crippen LogP contribution in [0.3, 0.4) is 0 Å². The first-order chi connectivity index (χ1) is 12.6. The van der Waals surface area contributed by atoms with Crippen LogP contribution in [0, 0.1) is 6.92 Å². The van der Waals surface area contributed by atoms with E-state index in [9.17, 15) is 4.79 Å². The van der Waals surface area contributed by atoms with Gasteiger partial charge in [-0.2, -0.15) is 0 Å². The van der Waals surface area contributed by atoms with Gasteiger partial charge in [0.05, 0.1) is 6.54 Å². The second kappa shape index (κ2) is 8.39. The molecule has 0 aromatic heterocycles. The van der Waals surface area contributed by atoms with Crippen LogP contribution in [0.25, 0.3) is 10.8 Å². The third-order valence-electron chi connectivity index (χ3n) is 4.18. The number of hydrogen-bond donors (Lipinski definition) is 1. The van der Waals surface area contributed by atoms with Gasteiger partial charge >= 0.3 is 0 Å². The van der Waals surface area contributed by atoms with E-state index >= 15 is 0 Å². The summed E-state index contributed by atoms with van der Waals surface area (Å²) in [6.07, 6.45) is -0.584. The highest BCUT2D eigenvalue weighted by Gasteiger charge is 2.15. The van der Waals surface area contributed by atoms with Crippen molar-refractivity contribution in [2.24, 2.45) is 0 Å². The van der Waals surface area contributed by atoms with Gasteiger partial charge < -0.3 is 14.8 Å².